The van der Waals surface area contributed by atoms with Crippen molar-refractivity contribution in [1.82, 2.24) is 0 Å². The minimum absolute atomic E-state index is 0.0482. The molecule has 1 rings (SSSR count). The van der Waals surface area contributed by atoms with E-state index >= 15 is 0 Å². The van der Waals surface area contributed by atoms with Crippen LogP contribution in [0.4, 0.5) is 0 Å². The molecule has 0 saturated heterocycles. The molecule has 1 aromatic heterocycles. The van der Waals surface area contributed by atoms with Crippen molar-refractivity contribution < 1.29 is 4.79 Å². The van der Waals surface area contributed by atoms with Gasteiger partial charge in [0.25, 0.3) is 0 Å². The molecule has 0 aromatic carbocycles. The quantitative estimate of drug-likeness (QED) is 0.143. The Morgan fingerprint density at radius 2 is 1.45 bits per heavy atom. The maximum atomic E-state index is 13.3. The van der Waals surface area contributed by atoms with E-state index < -0.39 is 0 Å². The zero-order chi connectivity index (χ0) is 24.6. The monoisotopic (exact) mass is 451 g/mol. The van der Waals surface area contributed by atoms with Gasteiger partial charge in [-0.05, 0) is 0 Å². The Labute approximate surface area is 208 Å². The van der Waals surface area contributed by atoms with Gasteiger partial charge in [0.05, 0.1) is 0 Å². The Balaban J connectivity index is 2.84. The molecule has 0 aliphatic rings. The first-order valence-electron chi connectivity index (χ1n) is 14.3. The molecule has 1 radical (unpaired) electrons. The van der Waals surface area contributed by atoms with Crippen LogP contribution in [-0.4, -0.2) is 19.9 Å². The summed E-state index contributed by atoms with van der Waals surface area (Å²) in [5, 5.41) is 0.0482. The van der Waals surface area contributed by atoms with Crippen molar-refractivity contribution >= 4 is 19.9 Å². The molecule has 0 aliphatic carbocycles. The van der Waals surface area contributed by atoms with Crippen LogP contribution < -0.4 is 0 Å². The van der Waals surface area contributed by atoms with E-state index in [1.807, 2.05) is 0 Å². The van der Waals surface area contributed by atoms with Gasteiger partial charge >= 0.3 is 209 Å². The summed E-state index contributed by atoms with van der Waals surface area (Å²) in [6, 6.07) is 4.30. The summed E-state index contributed by atoms with van der Waals surface area (Å²) in [5.74, 6) is 2.15. The van der Waals surface area contributed by atoms with Crippen molar-refractivity contribution in [1.29, 1.82) is 0 Å². The van der Waals surface area contributed by atoms with Gasteiger partial charge in [0.1, 0.15) is 0 Å². The van der Waals surface area contributed by atoms with Crippen LogP contribution >= 0.6 is 0 Å². The molecule has 0 bridgehead atoms. The summed E-state index contributed by atoms with van der Waals surface area (Å²) in [6.45, 7) is 16.2. The molecule has 1 atom stereocenters. The van der Waals surface area contributed by atoms with Crippen molar-refractivity contribution in [3.8, 4) is 0 Å². The molecule has 0 N–H and O–H groups in total. The first kappa shape index (κ1) is 30.2. The average molecular weight is 451 g/mol. The van der Waals surface area contributed by atoms with E-state index in [4.69, 9.17) is 0 Å². The first-order chi connectivity index (χ1) is 15.8. The zero-order valence-corrected chi connectivity index (χ0v) is 23.1. The molecule has 33 heavy (non-hydrogen) atoms. The summed E-state index contributed by atoms with van der Waals surface area (Å²) >= 11 is 0. The number of carbonyl (C=O) groups is 1. The number of hydrogen-bond acceptors (Lipinski definition) is 1. The normalized spacial score (nSPS) is 13.5. The Morgan fingerprint density at radius 3 is 2.00 bits per heavy atom. The number of unbranched alkanes of at least 4 members (excludes halogenated alkanes) is 7. The molecule has 0 amide bonds. The van der Waals surface area contributed by atoms with Gasteiger partial charge in [0, 0.05) is 0 Å². The average Bonchev–Trinajstić information content (AvgIpc) is 2.79. The van der Waals surface area contributed by atoms with Gasteiger partial charge < -0.3 is 0 Å². The van der Waals surface area contributed by atoms with E-state index in [0.717, 1.165) is 19.3 Å². The molecule has 1 aromatic rings. The fourth-order valence-electron chi connectivity index (χ4n) is 5.16. The predicted octanol–water partition coefficient (Wildman–Crippen LogP) is 9.07. The van der Waals surface area contributed by atoms with Gasteiger partial charge in [-0.25, -0.2) is 0 Å². The van der Waals surface area contributed by atoms with E-state index in [-0.39, 0.29) is 5.31 Å². The second kappa shape index (κ2) is 16.7. The van der Waals surface area contributed by atoms with Crippen LogP contribution in [0.3, 0.4) is 0 Å². The number of rotatable bonds is 20. The molecular formula is C30H53B2O. The molecule has 0 spiro atoms. The summed E-state index contributed by atoms with van der Waals surface area (Å²) in [6.07, 6.45) is 19.1. The fourth-order valence-corrected chi connectivity index (χ4v) is 5.16. The second-order valence-corrected chi connectivity index (χ2v) is 11.3. The number of carbonyl (C=O) groups excluding carboxylic acids is 1. The van der Waals surface area contributed by atoms with Crippen LogP contribution in [0.25, 0.3) is 0 Å². The van der Waals surface area contributed by atoms with E-state index in [2.05, 4.69) is 73.8 Å². The van der Waals surface area contributed by atoms with E-state index in [9.17, 15) is 4.79 Å². The van der Waals surface area contributed by atoms with Crippen LogP contribution in [-0.2, 0) is 17.6 Å². The van der Waals surface area contributed by atoms with Gasteiger partial charge in [-0.2, -0.15) is 0 Å². The molecule has 1 unspecified atom stereocenters. The van der Waals surface area contributed by atoms with Gasteiger partial charge in [-0.15, -0.1) is 0 Å². The molecule has 1 nitrogen and oxygen atoms in total. The third-order valence-electron chi connectivity index (χ3n) is 7.80. The van der Waals surface area contributed by atoms with Gasteiger partial charge in [0.2, 0.25) is 0 Å². The van der Waals surface area contributed by atoms with Gasteiger partial charge in [-0.1, -0.05) is 0 Å². The van der Waals surface area contributed by atoms with Crippen molar-refractivity contribution in [2.45, 2.75) is 150 Å². The number of hydrogen-bond donors (Lipinski definition) is 0. The Morgan fingerprint density at radius 1 is 0.848 bits per heavy atom. The topological polar surface area (TPSA) is 17.1 Å². The van der Waals surface area contributed by atoms with Crippen LogP contribution in [0.2, 0.25) is 5.31 Å². The van der Waals surface area contributed by atoms with Crippen molar-refractivity contribution in [2.24, 2.45) is 5.41 Å². The van der Waals surface area contributed by atoms with E-state index in [1.165, 1.54) is 88.1 Å². The molecule has 185 valence electrons. The van der Waals surface area contributed by atoms with E-state index in [0.29, 0.717) is 17.5 Å². The summed E-state index contributed by atoms with van der Waals surface area (Å²) in [5.41, 5.74) is 3.27. The first-order valence-corrected chi connectivity index (χ1v) is 14.3. The van der Waals surface area contributed by atoms with Crippen molar-refractivity contribution in [3.63, 3.8) is 0 Å². The summed E-state index contributed by atoms with van der Waals surface area (Å²) in [4.78, 5) is 13.3. The maximum absolute atomic E-state index is 13.3. The Hall–Kier alpha value is -0.850. The minimum atomic E-state index is 0.0482. The van der Waals surface area contributed by atoms with Crippen LogP contribution in [0.1, 0.15) is 142 Å². The third kappa shape index (κ3) is 12.4. The molecule has 1 heterocycles. The fraction of sp³-hybridized carbons (Fsp3) is 0.800. The Kier molecular flexibility index (Phi) is 15.3. The van der Waals surface area contributed by atoms with Crippen LogP contribution in [0, 0.1) is 5.41 Å². The van der Waals surface area contributed by atoms with Gasteiger partial charge in [-0.3, -0.25) is 0 Å². The molecule has 0 saturated carbocycles. The molecular weight excluding hydrogens is 398 g/mol. The standard InChI is InChI=1S/C30H53B2O/c1-7-11-14-16-21-30(6,22-17-15-12-8-2)32-28(33)24-26-19-18-23-31-27(26)25-29(5,10-4)20-13-9-3/h18-19,23H,7-17,20-22,24-25H2,1-6H3. The molecule has 0 fully saturated rings. The second-order valence-electron chi connectivity index (χ2n) is 11.3. The summed E-state index contributed by atoms with van der Waals surface area (Å²) < 4.78 is 0. The third-order valence-corrected chi connectivity index (χ3v) is 7.80. The van der Waals surface area contributed by atoms with Crippen molar-refractivity contribution in [2.75, 3.05) is 0 Å². The predicted molar refractivity (Wildman–Crippen MR) is 150 cm³/mol. The van der Waals surface area contributed by atoms with E-state index in [1.54, 1.807) is 0 Å². The Bertz CT molecular complexity index is 644. The van der Waals surface area contributed by atoms with Crippen LogP contribution in [0.15, 0.2) is 18.1 Å². The zero-order valence-electron chi connectivity index (χ0n) is 23.1. The molecule has 0 aliphatic heterocycles. The van der Waals surface area contributed by atoms with Gasteiger partial charge in [0.15, 0.2) is 0 Å². The summed E-state index contributed by atoms with van der Waals surface area (Å²) in [7, 11) is 2.12. The van der Waals surface area contributed by atoms with Crippen LogP contribution in [0.5, 0.6) is 0 Å². The molecule has 3 heteroatoms. The SMILES string of the molecule is CCCCCCC(C)([B]C(=O)Cc1cccbc1CC(C)(CC)CCCC)CCCCCC. The van der Waals surface area contributed by atoms with Crippen molar-refractivity contribution in [3.05, 3.63) is 29.1 Å².